The number of carbonyl (C=O) groups excluding carboxylic acids is 2. The molecule has 1 saturated heterocycles. The number of aliphatic hydroxyl groups excluding tert-OH is 4. The van der Waals surface area contributed by atoms with E-state index >= 15 is 0 Å². The maximum absolute atomic E-state index is 11.8. The predicted molar refractivity (Wildman–Crippen MR) is 59.3 cm³/mol. The third-order valence-electron chi connectivity index (χ3n) is 3.02. The van der Waals surface area contributed by atoms with Crippen molar-refractivity contribution in [2.75, 3.05) is 20.2 Å². The summed E-state index contributed by atoms with van der Waals surface area (Å²) < 4.78 is 0. The fourth-order valence-electron chi connectivity index (χ4n) is 1.91. The molecule has 8 nitrogen and oxygen atoms in total. The molecule has 2 amide bonds. The Balaban J connectivity index is 2.78. The minimum Gasteiger partial charge on any atom is -0.394 e. The van der Waals surface area contributed by atoms with E-state index in [2.05, 4.69) is 5.32 Å². The summed E-state index contributed by atoms with van der Waals surface area (Å²) >= 11 is 0. The van der Waals surface area contributed by atoms with Gasteiger partial charge in [0.1, 0.15) is 24.7 Å². The zero-order chi connectivity index (χ0) is 13.9. The summed E-state index contributed by atoms with van der Waals surface area (Å²) in [4.78, 5) is 23.9. The number of hydrogen-bond acceptors (Lipinski definition) is 6. The first-order valence-electron chi connectivity index (χ1n) is 5.57. The van der Waals surface area contributed by atoms with Crippen LogP contribution in [0, 0.1) is 0 Å². The normalized spacial score (nSPS) is 32.2. The maximum Gasteiger partial charge on any atom is 0.232 e. The number of amides is 2. The van der Waals surface area contributed by atoms with Crippen LogP contribution in [0.25, 0.3) is 0 Å². The Kier molecular flexibility index (Phi) is 5.03. The first-order valence-corrected chi connectivity index (χ1v) is 5.57. The molecule has 104 valence electrons. The molecule has 1 rings (SSSR count). The van der Waals surface area contributed by atoms with Crippen LogP contribution >= 0.6 is 0 Å². The van der Waals surface area contributed by atoms with Crippen LogP contribution in [-0.4, -0.2) is 81.7 Å². The number of hydrogen-bond donors (Lipinski definition) is 5. The molecule has 1 heterocycles. The topological polar surface area (TPSA) is 130 Å². The van der Waals surface area contributed by atoms with Gasteiger partial charge in [-0.3, -0.25) is 9.59 Å². The lowest BCUT2D eigenvalue weighted by Gasteiger charge is -2.43. The number of likely N-dealkylation sites (tertiary alicyclic amines) is 1. The lowest BCUT2D eigenvalue weighted by molar-refractivity contribution is -0.167. The second-order valence-corrected chi connectivity index (χ2v) is 4.19. The zero-order valence-corrected chi connectivity index (χ0v) is 9.98. The Morgan fingerprint density at radius 2 is 1.89 bits per heavy atom. The largest absolute Gasteiger partial charge is 0.394 e. The van der Waals surface area contributed by atoms with Crippen LogP contribution in [-0.2, 0) is 9.59 Å². The minimum absolute atomic E-state index is 0.237. The maximum atomic E-state index is 11.8. The molecule has 18 heavy (non-hydrogen) atoms. The van der Waals surface area contributed by atoms with Gasteiger partial charge in [0.05, 0.1) is 12.6 Å². The van der Waals surface area contributed by atoms with Gasteiger partial charge in [-0.05, 0) is 0 Å². The molecule has 0 aromatic carbocycles. The number of piperidine rings is 1. The molecule has 0 unspecified atom stereocenters. The van der Waals surface area contributed by atoms with Crippen molar-refractivity contribution in [3.05, 3.63) is 0 Å². The van der Waals surface area contributed by atoms with Crippen molar-refractivity contribution >= 4 is 11.8 Å². The molecule has 1 fully saturated rings. The van der Waals surface area contributed by atoms with E-state index in [0.717, 1.165) is 4.90 Å². The second kappa shape index (κ2) is 6.10. The average Bonchev–Trinajstić information content (AvgIpc) is 2.35. The third kappa shape index (κ3) is 2.96. The van der Waals surface area contributed by atoms with Crippen LogP contribution in [0.1, 0.15) is 6.42 Å². The molecule has 0 bridgehead atoms. The molecule has 0 radical (unpaired) electrons. The number of aliphatic hydroxyl groups is 4. The highest BCUT2D eigenvalue weighted by atomic mass is 16.4. The van der Waals surface area contributed by atoms with Gasteiger partial charge in [-0.25, -0.2) is 0 Å². The highest BCUT2D eigenvalue weighted by molar-refractivity contribution is 5.97. The predicted octanol–water partition coefficient (Wildman–Crippen LogP) is -3.59. The standard InChI is InChI=1S/C10H18N2O6/c1-11-7(15)2-8(16)12-3-6(14)10(18)9(17)5(12)4-13/h5-6,9-10,13-14,17-18H,2-4H2,1H3,(H,11,15)/t5-,6+,9-,10-/m0/s1. The molecule has 0 saturated carbocycles. The molecular formula is C10H18N2O6. The quantitative estimate of drug-likeness (QED) is 0.334. The van der Waals surface area contributed by atoms with E-state index in [1.165, 1.54) is 7.05 Å². The van der Waals surface area contributed by atoms with Gasteiger partial charge in [0.2, 0.25) is 11.8 Å². The smallest absolute Gasteiger partial charge is 0.232 e. The van der Waals surface area contributed by atoms with Crippen molar-refractivity contribution in [2.45, 2.75) is 30.8 Å². The molecule has 5 N–H and O–H groups in total. The van der Waals surface area contributed by atoms with E-state index in [0.29, 0.717) is 0 Å². The van der Waals surface area contributed by atoms with Gasteiger partial charge in [0.15, 0.2) is 0 Å². The summed E-state index contributed by atoms with van der Waals surface area (Å²) in [6.07, 6.45) is -4.63. The van der Waals surface area contributed by atoms with Gasteiger partial charge in [0, 0.05) is 13.6 Å². The Bertz CT molecular complexity index is 323. The summed E-state index contributed by atoms with van der Waals surface area (Å²) in [6, 6.07) is -1.03. The van der Waals surface area contributed by atoms with Crippen LogP contribution < -0.4 is 5.32 Å². The number of nitrogens with one attached hydrogen (secondary N) is 1. The summed E-state index contributed by atoms with van der Waals surface area (Å²) in [5.41, 5.74) is 0. The van der Waals surface area contributed by atoms with E-state index in [9.17, 15) is 24.9 Å². The number of β-amino-alcohol motifs (C(OH)–C–C–N with tert-alkyl or cyclic N) is 1. The highest BCUT2D eigenvalue weighted by Gasteiger charge is 2.43. The fraction of sp³-hybridized carbons (Fsp3) is 0.800. The summed E-state index contributed by atoms with van der Waals surface area (Å²) in [5.74, 6) is -1.13. The van der Waals surface area contributed by atoms with Gasteiger partial charge in [-0.15, -0.1) is 0 Å². The Hall–Kier alpha value is -1.22. The van der Waals surface area contributed by atoms with E-state index in [-0.39, 0.29) is 6.54 Å². The van der Waals surface area contributed by atoms with Crippen molar-refractivity contribution in [3.8, 4) is 0 Å². The summed E-state index contributed by atoms with van der Waals surface area (Å²) in [5, 5.41) is 40.0. The van der Waals surface area contributed by atoms with E-state index in [1.54, 1.807) is 0 Å². The third-order valence-corrected chi connectivity index (χ3v) is 3.02. The molecule has 1 aliphatic rings. The van der Waals surface area contributed by atoms with Crippen LogP contribution in [0.5, 0.6) is 0 Å². The Morgan fingerprint density at radius 3 is 2.39 bits per heavy atom. The Labute approximate surface area is 104 Å². The second-order valence-electron chi connectivity index (χ2n) is 4.19. The lowest BCUT2D eigenvalue weighted by atomic mass is 9.94. The molecule has 0 aromatic rings. The van der Waals surface area contributed by atoms with Crippen molar-refractivity contribution < 1.29 is 30.0 Å². The highest BCUT2D eigenvalue weighted by Crippen LogP contribution is 2.19. The molecule has 0 aliphatic carbocycles. The van der Waals surface area contributed by atoms with E-state index in [4.69, 9.17) is 5.11 Å². The van der Waals surface area contributed by atoms with Crippen LogP contribution in [0.15, 0.2) is 0 Å². The van der Waals surface area contributed by atoms with Crippen molar-refractivity contribution in [1.29, 1.82) is 0 Å². The molecule has 4 atom stereocenters. The number of carbonyl (C=O) groups is 2. The van der Waals surface area contributed by atoms with E-state index < -0.39 is 49.2 Å². The van der Waals surface area contributed by atoms with E-state index in [1.807, 2.05) is 0 Å². The van der Waals surface area contributed by atoms with Crippen molar-refractivity contribution in [3.63, 3.8) is 0 Å². The van der Waals surface area contributed by atoms with Gasteiger partial charge >= 0.3 is 0 Å². The van der Waals surface area contributed by atoms with Gasteiger partial charge < -0.3 is 30.6 Å². The van der Waals surface area contributed by atoms with Gasteiger partial charge in [-0.1, -0.05) is 0 Å². The summed E-state index contributed by atoms with van der Waals surface area (Å²) in [7, 11) is 1.38. The lowest BCUT2D eigenvalue weighted by Crippen LogP contribution is -2.64. The average molecular weight is 262 g/mol. The van der Waals surface area contributed by atoms with Crippen LogP contribution in [0.2, 0.25) is 0 Å². The molecule has 0 aromatic heterocycles. The fourth-order valence-corrected chi connectivity index (χ4v) is 1.91. The van der Waals surface area contributed by atoms with Gasteiger partial charge in [0.25, 0.3) is 0 Å². The minimum atomic E-state index is -1.45. The Morgan fingerprint density at radius 1 is 1.28 bits per heavy atom. The number of rotatable bonds is 3. The summed E-state index contributed by atoms with van der Waals surface area (Å²) in [6.45, 7) is -0.802. The SMILES string of the molecule is CNC(=O)CC(=O)N1C[C@@H](O)[C@H](O)[C@@H](O)[C@@H]1CO. The van der Waals surface area contributed by atoms with Gasteiger partial charge in [-0.2, -0.15) is 0 Å². The molecule has 0 spiro atoms. The zero-order valence-electron chi connectivity index (χ0n) is 9.98. The van der Waals surface area contributed by atoms with Crippen molar-refractivity contribution in [1.82, 2.24) is 10.2 Å². The van der Waals surface area contributed by atoms with Crippen molar-refractivity contribution in [2.24, 2.45) is 0 Å². The molecule has 1 aliphatic heterocycles. The van der Waals surface area contributed by atoms with Crippen LogP contribution in [0.4, 0.5) is 0 Å². The molecular weight excluding hydrogens is 244 g/mol. The first-order chi connectivity index (χ1) is 8.42. The molecule has 8 heteroatoms. The first kappa shape index (κ1) is 14.8. The monoisotopic (exact) mass is 262 g/mol. The number of nitrogens with zero attached hydrogens (tertiary/aromatic N) is 1. The van der Waals surface area contributed by atoms with Crippen LogP contribution in [0.3, 0.4) is 0 Å².